The topological polar surface area (TPSA) is 67.2 Å². The lowest BCUT2D eigenvalue weighted by atomic mass is 10.1. The molecule has 152 valence electrons. The van der Waals surface area contributed by atoms with Gasteiger partial charge in [0.15, 0.2) is 5.69 Å². The maximum atomic E-state index is 13.1. The van der Waals surface area contributed by atoms with Crippen LogP contribution in [0.15, 0.2) is 47.3 Å². The number of carbonyl (C=O) groups excluding carboxylic acids is 1. The summed E-state index contributed by atoms with van der Waals surface area (Å²) in [5, 5.41) is 8.45. The van der Waals surface area contributed by atoms with Crippen LogP contribution < -0.4 is 15.8 Å². The van der Waals surface area contributed by atoms with E-state index in [4.69, 9.17) is 0 Å². The van der Waals surface area contributed by atoms with Gasteiger partial charge in [0, 0.05) is 37.4 Å². The number of fused-ring (bicyclic) bond motifs is 1. The summed E-state index contributed by atoms with van der Waals surface area (Å²) in [6, 6.07) is 12.9. The van der Waals surface area contributed by atoms with Crippen LogP contribution in [-0.2, 0) is 6.54 Å². The van der Waals surface area contributed by atoms with Crippen LogP contribution in [0.4, 0.5) is 11.4 Å². The molecule has 3 rings (SSSR count). The van der Waals surface area contributed by atoms with Gasteiger partial charge >= 0.3 is 0 Å². The first kappa shape index (κ1) is 20.6. The van der Waals surface area contributed by atoms with Crippen molar-refractivity contribution in [2.24, 2.45) is 0 Å². The Bertz CT molecular complexity index is 1090. The number of aryl methyl sites for hydroxylation is 2. The molecule has 0 aliphatic rings. The second-order valence-electron chi connectivity index (χ2n) is 7.48. The summed E-state index contributed by atoms with van der Waals surface area (Å²) in [7, 11) is 3.97. The average Bonchev–Trinajstić information content (AvgIpc) is 2.69. The molecular weight excluding hydrogens is 364 g/mol. The molecule has 1 N–H and O–H groups in total. The van der Waals surface area contributed by atoms with Crippen molar-refractivity contribution in [3.05, 3.63) is 64.1 Å². The van der Waals surface area contributed by atoms with Crippen molar-refractivity contribution in [2.45, 2.75) is 39.7 Å². The van der Waals surface area contributed by atoms with Crippen molar-refractivity contribution >= 4 is 28.1 Å². The molecule has 2 aromatic carbocycles. The Hall–Kier alpha value is -3.15. The molecule has 0 radical (unpaired) electrons. The highest BCUT2D eigenvalue weighted by Gasteiger charge is 2.17. The first-order valence-electron chi connectivity index (χ1n) is 10.0. The number of unbranched alkanes of at least 4 members (excludes halogenated alkanes) is 2. The number of aromatic nitrogens is 2. The van der Waals surface area contributed by atoms with Gasteiger partial charge in [-0.25, -0.2) is 4.68 Å². The van der Waals surface area contributed by atoms with E-state index < -0.39 is 0 Å². The molecule has 6 heteroatoms. The van der Waals surface area contributed by atoms with Gasteiger partial charge in [0.1, 0.15) is 0 Å². The van der Waals surface area contributed by atoms with Gasteiger partial charge in [-0.15, -0.1) is 0 Å². The predicted molar refractivity (Wildman–Crippen MR) is 119 cm³/mol. The molecule has 0 aliphatic heterocycles. The predicted octanol–water partition coefficient (Wildman–Crippen LogP) is 4.21. The molecule has 1 amide bonds. The zero-order valence-electron chi connectivity index (χ0n) is 17.5. The average molecular weight is 393 g/mol. The van der Waals surface area contributed by atoms with Gasteiger partial charge in [-0.1, -0.05) is 38.0 Å². The summed E-state index contributed by atoms with van der Waals surface area (Å²) in [4.78, 5) is 27.8. The van der Waals surface area contributed by atoms with Crippen LogP contribution in [0.3, 0.4) is 0 Å². The van der Waals surface area contributed by atoms with Crippen LogP contribution in [0.1, 0.15) is 42.2 Å². The lowest BCUT2D eigenvalue weighted by Gasteiger charge is -2.17. The normalized spacial score (nSPS) is 10.9. The zero-order valence-corrected chi connectivity index (χ0v) is 17.5. The van der Waals surface area contributed by atoms with Gasteiger partial charge in [-0.05, 0) is 43.2 Å². The first-order valence-corrected chi connectivity index (χ1v) is 10.0. The van der Waals surface area contributed by atoms with E-state index in [0.29, 0.717) is 23.0 Å². The Morgan fingerprint density at radius 3 is 2.48 bits per heavy atom. The lowest BCUT2D eigenvalue weighted by Crippen LogP contribution is -2.27. The highest BCUT2D eigenvalue weighted by molar-refractivity contribution is 6.11. The van der Waals surface area contributed by atoms with Crippen molar-refractivity contribution in [2.75, 3.05) is 24.3 Å². The highest BCUT2D eigenvalue weighted by atomic mass is 16.2. The number of hydrogen-bond donors (Lipinski definition) is 1. The van der Waals surface area contributed by atoms with E-state index in [1.165, 1.54) is 4.68 Å². The summed E-state index contributed by atoms with van der Waals surface area (Å²) in [6.45, 7) is 4.63. The van der Waals surface area contributed by atoms with E-state index in [1.807, 2.05) is 56.3 Å². The molecule has 0 spiro atoms. The Morgan fingerprint density at radius 1 is 1.10 bits per heavy atom. The molecule has 6 nitrogen and oxygen atoms in total. The quantitative estimate of drug-likeness (QED) is 0.612. The second-order valence-corrected chi connectivity index (χ2v) is 7.48. The standard InChI is InChI=1S/C23H28N4O2/c1-5-6-9-14-27-23(29)19-11-8-7-10-18(19)21(25-27)22(28)24-17-12-13-20(26(3)4)16(2)15-17/h7-8,10-13,15H,5-6,9,14H2,1-4H3,(H,24,28). The molecule has 3 aromatic rings. The van der Waals surface area contributed by atoms with Gasteiger partial charge in [0.25, 0.3) is 11.5 Å². The number of rotatable bonds is 7. The summed E-state index contributed by atoms with van der Waals surface area (Å²) < 4.78 is 1.42. The summed E-state index contributed by atoms with van der Waals surface area (Å²) in [5.41, 5.74) is 2.98. The third-order valence-corrected chi connectivity index (χ3v) is 4.99. The van der Waals surface area contributed by atoms with Crippen LogP contribution in [0.2, 0.25) is 0 Å². The van der Waals surface area contributed by atoms with E-state index >= 15 is 0 Å². The number of nitrogens with zero attached hydrogens (tertiary/aromatic N) is 3. The van der Waals surface area contributed by atoms with Crippen LogP contribution in [0.25, 0.3) is 10.8 Å². The van der Waals surface area contributed by atoms with E-state index in [0.717, 1.165) is 30.5 Å². The minimum absolute atomic E-state index is 0.153. The monoisotopic (exact) mass is 392 g/mol. The maximum Gasteiger partial charge on any atom is 0.276 e. The maximum absolute atomic E-state index is 13.1. The molecule has 29 heavy (non-hydrogen) atoms. The van der Waals surface area contributed by atoms with Crippen molar-refractivity contribution in [1.82, 2.24) is 9.78 Å². The Morgan fingerprint density at radius 2 is 1.83 bits per heavy atom. The van der Waals surface area contributed by atoms with Crippen LogP contribution in [-0.4, -0.2) is 29.8 Å². The Balaban J connectivity index is 1.97. The van der Waals surface area contributed by atoms with Crippen LogP contribution in [0, 0.1) is 6.92 Å². The van der Waals surface area contributed by atoms with Crippen molar-refractivity contribution in [1.29, 1.82) is 0 Å². The summed E-state index contributed by atoms with van der Waals surface area (Å²) in [5.74, 6) is -0.317. The molecular formula is C23H28N4O2. The van der Waals surface area contributed by atoms with Gasteiger partial charge in [-0.3, -0.25) is 9.59 Å². The van der Waals surface area contributed by atoms with Gasteiger partial charge in [0.05, 0.1) is 5.39 Å². The van der Waals surface area contributed by atoms with Gasteiger partial charge in [-0.2, -0.15) is 5.10 Å². The third kappa shape index (κ3) is 4.47. The fraction of sp³-hybridized carbons (Fsp3) is 0.348. The van der Waals surface area contributed by atoms with E-state index in [2.05, 4.69) is 17.3 Å². The molecule has 0 unspecified atom stereocenters. The molecule has 0 saturated heterocycles. The number of nitrogens with one attached hydrogen (secondary N) is 1. The van der Waals surface area contributed by atoms with Gasteiger partial charge < -0.3 is 10.2 Å². The van der Waals surface area contributed by atoms with Gasteiger partial charge in [0.2, 0.25) is 0 Å². The first-order chi connectivity index (χ1) is 13.9. The number of hydrogen-bond acceptors (Lipinski definition) is 4. The Kier molecular flexibility index (Phi) is 6.32. The van der Waals surface area contributed by atoms with E-state index in [-0.39, 0.29) is 17.2 Å². The fourth-order valence-electron chi connectivity index (χ4n) is 3.49. The molecule has 1 heterocycles. The zero-order chi connectivity index (χ0) is 21.0. The van der Waals surface area contributed by atoms with E-state index in [1.54, 1.807) is 12.1 Å². The summed E-state index contributed by atoms with van der Waals surface area (Å²) in [6.07, 6.45) is 2.92. The highest BCUT2D eigenvalue weighted by Crippen LogP contribution is 2.23. The fourth-order valence-corrected chi connectivity index (χ4v) is 3.49. The summed E-state index contributed by atoms with van der Waals surface area (Å²) >= 11 is 0. The molecule has 0 saturated carbocycles. The molecule has 0 atom stereocenters. The molecule has 1 aromatic heterocycles. The van der Waals surface area contributed by atoms with Crippen molar-refractivity contribution in [3.63, 3.8) is 0 Å². The molecule has 0 bridgehead atoms. The lowest BCUT2D eigenvalue weighted by molar-refractivity contribution is 0.102. The van der Waals surface area contributed by atoms with Crippen molar-refractivity contribution < 1.29 is 4.79 Å². The Labute approximate surface area is 171 Å². The minimum atomic E-state index is -0.317. The smallest absolute Gasteiger partial charge is 0.276 e. The number of carbonyl (C=O) groups is 1. The van der Waals surface area contributed by atoms with Crippen LogP contribution in [0.5, 0.6) is 0 Å². The minimum Gasteiger partial charge on any atom is -0.377 e. The molecule has 0 fully saturated rings. The number of anilines is 2. The van der Waals surface area contributed by atoms with Crippen molar-refractivity contribution in [3.8, 4) is 0 Å². The second kappa shape index (κ2) is 8.90. The number of benzene rings is 2. The van der Waals surface area contributed by atoms with E-state index in [9.17, 15) is 9.59 Å². The largest absolute Gasteiger partial charge is 0.377 e. The number of amides is 1. The SMILES string of the molecule is CCCCCn1nc(C(=O)Nc2ccc(N(C)C)c(C)c2)c2ccccc2c1=O. The third-order valence-electron chi connectivity index (χ3n) is 4.99. The van der Waals surface area contributed by atoms with Crippen LogP contribution >= 0.6 is 0 Å². The molecule has 0 aliphatic carbocycles.